The third-order valence-electron chi connectivity index (χ3n) is 6.69. The second kappa shape index (κ2) is 13.2. The van der Waals surface area contributed by atoms with Crippen LogP contribution in [0.4, 0.5) is 10.1 Å². The van der Waals surface area contributed by atoms with Crippen LogP contribution in [0.3, 0.4) is 0 Å². The van der Waals surface area contributed by atoms with Crippen molar-refractivity contribution in [3.63, 3.8) is 0 Å². The van der Waals surface area contributed by atoms with Crippen LogP contribution in [0.25, 0.3) is 11.1 Å². The summed E-state index contributed by atoms with van der Waals surface area (Å²) in [4.78, 5) is 15.2. The van der Waals surface area contributed by atoms with E-state index in [0.29, 0.717) is 6.42 Å². The van der Waals surface area contributed by atoms with Crippen molar-refractivity contribution in [2.45, 2.75) is 32.5 Å². The molecule has 0 aromatic heterocycles. The van der Waals surface area contributed by atoms with Gasteiger partial charge in [0.05, 0.1) is 6.07 Å². The number of nitriles is 1. The minimum atomic E-state index is -0.754. The number of anilines is 1. The second-order valence-electron chi connectivity index (χ2n) is 9.97. The molecule has 4 rings (SSSR count). The molecule has 2 N–H and O–H groups in total. The van der Waals surface area contributed by atoms with Gasteiger partial charge in [0.15, 0.2) is 0 Å². The number of hydrogen-bond donors (Lipinski definition) is 2. The Hall–Kier alpha value is -3.73. The number of halogens is 1. The third-order valence-corrected chi connectivity index (χ3v) is 6.69. The number of carbonyl (C=O) groups excluding carboxylic acids is 1. The molecule has 1 amide bonds. The van der Waals surface area contributed by atoms with Gasteiger partial charge in [0, 0.05) is 31.9 Å². The van der Waals surface area contributed by atoms with E-state index in [1.54, 1.807) is 12.1 Å². The zero-order valence-corrected chi connectivity index (χ0v) is 22.0. The van der Waals surface area contributed by atoms with E-state index in [2.05, 4.69) is 39.8 Å². The van der Waals surface area contributed by atoms with E-state index < -0.39 is 12.2 Å². The lowest BCUT2D eigenvalue weighted by molar-refractivity contribution is -0.136. The summed E-state index contributed by atoms with van der Waals surface area (Å²) < 4.78 is 20.1. The highest BCUT2D eigenvalue weighted by Gasteiger charge is 2.26. The van der Waals surface area contributed by atoms with Crippen LogP contribution in [0.15, 0.2) is 72.8 Å². The Morgan fingerprint density at radius 1 is 0.974 bits per heavy atom. The Labute approximate surface area is 224 Å². The van der Waals surface area contributed by atoms with Crippen LogP contribution in [0.1, 0.15) is 37.5 Å². The van der Waals surface area contributed by atoms with Crippen molar-refractivity contribution in [3.8, 4) is 17.2 Å². The van der Waals surface area contributed by atoms with E-state index in [4.69, 9.17) is 10.00 Å². The fourth-order valence-electron chi connectivity index (χ4n) is 4.68. The third kappa shape index (κ3) is 7.18. The predicted octanol–water partition coefficient (Wildman–Crippen LogP) is 5.06. The van der Waals surface area contributed by atoms with E-state index in [9.17, 15) is 9.18 Å². The van der Waals surface area contributed by atoms with Crippen LogP contribution >= 0.6 is 0 Å². The Balaban J connectivity index is 1.58. The molecule has 3 aromatic rings. The molecule has 0 radical (unpaired) electrons. The standard InChI is InChI=1S/C31H35FN4O2/c1-22(2)21-29(31(37)35-16-15-33)38-30(26-7-11-27(32)12-8-26)25-5-3-23(4-6-25)24-9-13-28(14-10-24)36-19-17-34-18-20-36/h3-14,22,29-30,34H,16-21H2,1-2H3,(H,35,37)/t29-,30+/m0/s1. The van der Waals surface area contributed by atoms with Gasteiger partial charge < -0.3 is 20.3 Å². The molecular weight excluding hydrogens is 479 g/mol. The van der Waals surface area contributed by atoms with Gasteiger partial charge in [0.2, 0.25) is 5.91 Å². The SMILES string of the molecule is CC(C)C[C@H](O[C@@H](c1ccc(F)cc1)c1ccc(-c2ccc(N3CCNCC3)cc2)cc1)C(=O)NCC#N. The molecule has 38 heavy (non-hydrogen) atoms. The Kier molecular flexibility index (Phi) is 9.47. The molecule has 0 spiro atoms. The van der Waals surface area contributed by atoms with Crippen molar-refractivity contribution >= 4 is 11.6 Å². The molecule has 3 aromatic carbocycles. The first-order valence-corrected chi connectivity index (χ1v) is 13.2. The molecule has 0 aliphatic carbocycles. The van der Waals surface area contributed by atoms with Crippen molar-refractivity contribution in [2.24, 2.45) is 5.92 Å². The molecule has 7 heteroatoms. The number of piperazine rings is 1. The number of benzene rings is 3. The van der Waals surface area contributed by atoms with E-state index >= 15 is 0 Å². The number of carbonyl (C=O) groups is 1. The largest absolute Gasteiger partial charge is 0.369 e. The van der Waals surface area contributed by atoms with Crippen LogP contribution < -0.4 is 15.5 Å². The minimum absolute atomic E-state index is 0.0832. The Morgan fingerprint density at radius 2 is 1.53 bits per heavy atom. The fourth-order valence-corrected chi connectivity index (χ4v) is 4.68. The van der Waals surface area contributed by atoms with Crippen molar-refractivity contribution in [2.75, 3.05) is 37.6 Å². The number of amides is 1. The highest BCUT2D eigenvalue weighted by Crippen LogP contribution is 2.31. The van der Waals surface area contributed by atoms with Crippen molar-refractivity contribution in [1.29, 1.82) is 5.26 Å². The van der Waals surface area contributed by atoms with Gasteiger partial charge in [-0.25, -0.2) is 4.39 Å². The molecule has 0 bridgehead atoms. The normalized spacial score (nSPS) is 15.1. The summed E-state index contributed by atoms with van der Waals surface area (Å²) >= 11 is 0. The molecule has 0 saturated carbocycles. The molecule has 1 heterocycles. The van der Waals surface area contributed by atoms with E-state index in [0.717, 1.165) is 48.4 Å². The number of nitrogens with one attached hydrogen (secondary N) is 2. The first-order valence-electron chi connectivity index (χ1n) is 13.2. The van der Waals surface area contributed by atoms with E-state index in [1.165, 1.54) is 17.8 Å². The van der Waals surface area contributed by atoms with Gasteiger partial charge in [0.1, 0.15) is 24.6 Å². The summed E-state index contributed by atoms with van der Waals surface area (Å²) in [7, 11) is 0. The molecule has 0 unspecified atom stereocenters. The van der Waals surface area contributed by atoms with Crippen LogP contribution in [-0.4, -0.2) is 44.7 Å². The van der Waals surface area contributed by atoms with Gasteiger partial charge in [-0.3, -0.25) is 4.79 Å². The molecule has 1 saturated heterocycles. The molecule has 2 atom stereocenters. The number of rotatable bonds is 10. The van der Waals surface area contributed by atoms with Crippen LogP contribution in [0.5, 0.6) is 0 Å². The Bertz CT molecular complexity index is 1210. The molecular formula is C31H35FN4O2. The zero-order chi connectivity index (χ0) is 26.9. The lowest BCUT2D eigenvalue weighted by Gasteiger charge is -2.29. The molecule has 1 aliphatic heterocycles. The van der Waals surface area contributed by atoms with E-state index in [1.807, 2.05) is 44.2 Å². The monoisotopic (exact) mass is 514 g/mol. The smallest absolute Gasteiger partial charge is 0.250 e. The van der Waals surface area contributed by atoms with Crippen molar-refractivity contribution < 1.29 is 13.9 Å². The van der Waals surface area contributed by atoms with Gasteiger partial charge in [0.25, 0.3) is 0 Å². The van der Waals surface area contributed by atoms with Gasteiger partial charge in [-0.05, 0) is 58.9 Å². The van der Waals surface area contributed by atoms with Gasteiger partial charge in [-0.15, -0.1) is 0 Å². The van der Waals surface area contributed by atoms with Crippen LogP contribution in [0.2, 0.25) is 0 Å². The predicted molar refractivity (Wildman–Crippen MR) is 148 cm³/mol. The van der Waals surface area contributed by atoms with E-state index in [-0.39, 0.29) is 24.2 Å². The topological polar surface area (TPSA) is 77.4 Å². The van der Waals surface area contributed by atoms with Crippen LogP contribution in [-0.2, 0) is 9.53 Å². The maximum atomic E-state index is 13.7. The van der Waals surface area contributed by atoms with Gasteiger partial charge in [-0.1, -0.05) is 62.4 Å². The lowest BCUT2D eigenvalue weighted by Crippen LogP contribution is -2.43. The van der Waals surface area contributed by atoms with Crippen molar-refractivity contribution in [3.05, 3.63) is 89.7 Å². The summed E-state index contributed by atoms with van der Waals surface area (Å²) in [6.45, 7) is 7.96. The first kappa shape index (κ1) is 27.3. The molecule has 6 nitrogen and oxygen atoms in total. The summed E-state index contributed by atoms with van der Waals surface area (Å²) in [5, 5.41) is 14.9. The number of hydrogen-bond acceptors (Lipinski definition) is 5. The number of nitrogens with zero attached hydrogens (tertiary/aromatic N) is 2. The summed E-state index contributed by atoms with van der Waals surface area (Å²) in [6.07, 6.45) is -0.834. The highest BCUT2D eigenvalue weighted by molar-refractivity contribution is 5.81. The quantitative estimate of drug-likeness (QED) is 0.370. The van der Waals surface area contributed by atoms with Gasteiger partial charge >= 0.3 is 0 Å². The van der Waals surface area contributed by atoms with Gasteiger partial charge in [-0.2, -0.15) is 5.26 Å². The number of ether oxygens (including phenoxy) is 1. The molecule has 198 valence electrons. The highest BCUT2D eigenvalue weighted by atomic mass is 19.1. The zero-order valence-electron chi connectivity index (χ0n) is 22.0. The maximum absolute atomic E-state index is 13.7. The lowest BCUT2D eigenvalue weighted by atomic mass is 9.97. The average Bonchev–Trinajstić information content (AvgIpc) is 2.95. The maximum Gasteiger partial charge on any atom is 0.250 e. The van der Waals surface area contributed by atoms with Crippen LogP contribution in [0, 0.1) is 23.1 Å². The van der Waals surface area contributed by atoms with Crippen molar-refractivity contribution in [1.82, 2.24) is 10.6 Å². The molecule has 1 aliphatic rings. The minimum Gasteiger partial charge on any atom is -0.369 e. The Morgan fingerprint density at radius 3 is 2.08 bits per heavy atom. The fraction of sp³-hybridized carbons (Fsp3) is 0.355. The second-order valence-corrected chi connectivity index (χ2v) is 9.97. The molecule has 1 fully saturated rings. The summed E-state index contributed by atoms with van der Waals surface area (Å²) in [6, 6.07) is 24.8. The average molecular weight is 515 g/mol. The summed E-state index contributed by atoms with van der Waals surface area (Å²) in [5.41, 5.74) is 5.02. The first-order chi connectivity index (χ1) is 18.4. The summed E-state index contributed by atoms with van der Waals surface area (Å²) in [5.74, 6) is -0.459.